The number of rotatable bonds is 13. The second kappa shape index (κ2) is 15.3. The summed E-state index contributed by atoms with van der Waals surface area (Å²) in [6.07, 6.45) is 1.03. The number of benzene rings is 7. The lowest BCUT2D eigenvalue weighted by atomic mass is 9.78. The van der Waals surface area contributed by atoms with Crippen LogP contribution >= 0.6 is 0 Å². The SMILES string of the molecule is CC(C)Cc1ccc(C2c3c(ccc4cc(OCCOc5ccc(O)cc5)ccc34)Oc3ccc4cc(OCCOc5ccc(O)cc5)ccc4c32)cc1. The minimum Gasteiger partial charge on any atom is -0.508 e. The molecule has 0 fully saturated rings. The molecule has 7 aromatic carbocycles. The fourth-order valence-corrected chi connectivity index (χ4v) is 7.21. The number of ether oxygens (including phenoxy) is 5. The predicted molar refractivity (Wildman–Crippen MR) is 212 cm³/mol. The molecule has 0 atom stereocenters. The van der Waals surface area contributed by atoms with Gasteiger partial charge in [-0.15, -0.1) is 0 Å². The van der Waals surface area contributed by atoms with Gasteiger partial charge in [-0.3, -0.25) is 0 Å². The van der Waals surface area contributed by atoms with Crippen LogP contribution in [-0.4, -0.2) is 36.6 Å². The number of phenolic OH excluding ortho intramolecular Hbond substituents is 2. The second-order valence-electron chi connectivity index (χ2n) is 14.0. The monoisotopic (exact) mass is 718 g/mol. The molecule has 1 heterocycles. The highest BCUT2D eigenvalue weighted by molar-refractivity contribution is 5.96. The van der Waals surface area contributed by atoms with E-state index in [1.807, 2.05) is 12.1 Å². The summed E-state index contributed by atoms with van der Waals surface area (Å²) in [6.45, 7) is 6.00. The normalized spacial score (nSPS) is 12.3. The molecular formula is C47H42O7. The molecule has 272 valence electrons. The van der Waals surface area contributed by atoms with E-state index < -0.39 is 0 Å². The van der Waals surface area contributed by atoms with Crippen molar-refractivity contribution in [1.29, 1.82) is 0 Å². The van der Waals surface area contributed by atoms with Crippen molar-refractivity contribution < 1.29 is 33.9 Å². The van der Waals surface area contributed by atoms with E-state index in [4.69, 9.17) is 23.7 Å². The summed E-state index contributed by atoms with van der Waals surface area (Å²) >= 11 is 0. The number of aromatic hydroxyl groups is 2. The van der Waals surface area contributed by atoms with Gasteiger partial charge in [0.05, 0.1) is 0 Å². The van der Waals surface area contributed by atoms with Crippen molar-refractivity contribution in [2.45, 2.75) is 26.2 Å². The van der Waals surface area contributed by atoms with Gasteiger partial charge in [-0.1, -0.05) is 62.4 Å². The first-order valence-corrected chi connectivity index (χ1v) is 18.4. The van der Waals surface area contributed by atoms with Gasteiger partial charge in [-0.05, 0) is 130 Å². The summed E-state index contributed by atoms with van der Waals surface area (Å²) in [5.41, 5.74) is 4.77. The molecule has 54 heavy (non-hydrogen) atoms. The van der Waals surface area contributed by atoms with Crippen LogP contribution in [0.3, 0.4) is 0 Å². The molecule has 0 aliphatic carbocycles. The van der Waals surface area contributed by atoms with Crippen LogP contribution in [0, 0.1) is 5.92 Å². The van der Waals surface area contributed by atoms with Crippen LogP contribution in [0.2, 0.25) is 0 Å². The zero-order chi connectivity index (χ0) is 37.0. The van der Waals surface area contributed by atoms with Gasteiger partial charge in [0, 0.05) is 17.0 Å². The lowest BCUT2D eigenvalue weighted by Gasteiger charge is -2.31. The number of hydrogen-bond donors (Lipinski definition) is 2. The Morgan fingerprint density at radius 2 is 0.926 bits per heavy atom. The summed E-state index contributed by atoms with van der Waals surface area (Å²) in [4.78, 5) is 0. The molecule has 1 aliphatic rings. The molecule has 0 spiro atoms. The molecule has 0 bridgehead atoms. The molecule has 0 unspecified atom stereocenters. The topological polar surface area (TPSA) is 86.6 Å². The van der Waals surface area contributed by atoms with Gasteiger partial charge in [-0.25, -0.2) is 0 Å². The standard InChI is InChI=1S/C47H42O7/c1-30(2)27-31-3-5-32(6-4-31)45-46-41-19-17-39(52-25-23-50-37-13-9-35(48)10-14-37)28-33(41)7-21-43(46)54-44-22-8-34-29-40(18-20-42(34)47(44)45)53-26-24-51-38-15-11-36(49)12-16-38/h3-22,28-30,45,48-49H,23-27H2,1-2H3. The highest BCUT2D eigenvalue weighted by atomic mass is 16.5. The molecule has 7 heteroatoms. The van der Waals surface area contributed by atoms with Crippen LogP contribution in [0.1, 0.15) is 42.0 Å². The van der Waals surface area contributed by atoms with Crippen molar-refractivity contribution in [2.75, 3.05) is 26.4 Å². The molecule has 0 radical (unpaired) electrons. The van der Waals surface area contributed by atoms with Crippen molar-refractivity contribution in [3.63, 3.8) is 0 Å². The Morgan fingerprint density at radius 3 is 1.37 bits per heavy atom. The van der Waals surface area contributed by atoms with E-state index in [1.54, 1.807) is 48.5 Å². The molecule has 8 rings (SSSR count). The zero-order valence-corrected chi connectivity index (χ0v) is 30.3. The summed E-state index contributed by atoms with van der Waals surface area (Å²) in [7, 11) is 0. The number of fused-ring (bicyclic) bond motifs is 6. The van der Waals surface area contributed by atoms with E-state index >= 15 is 0 Å². The number of hydrogen-bond acceptors (Lipinski definition) is 7. The molecule has 0 saturated carbocycles. The van der Waals surface area contributed by atoms with Gasteiger partial charge in [0.2, 0.25) is 0 Å². The van der Waals surface area contributed by atoms with E-state index in [2.05, 4.69) is 86.6 Å². The molecule has 2 N–H and O–H groups in total. The average molecular weight is 719 g/mol. The quantitative estimate of drug-likeness (QED) is 0.115. The minimum atomic E-state index is -0.0831. The zero-order valence-electron chi connectivity index (χ0n) is 30.3. The highest BCUT2D eigenvalue weighted by Crippen LogP contribution is 2.52. The Hall–Kier alpha value is -6.34. The van der Waals surface area contributed by atoms with Gasteiger partial charge in [-0.2, -0.15) is 0 Å². The van der Waals surface area contributed by atoms with E-state index in [0.29, 0.717) is 43.8 Å². The maximum atomic E-state index is 9.53. The van der Waals surface area contributed by atoms with Crippen molar-refractivity contribution in [3.8, 4) is 46.0 Å². The van der Waals surface area contributed by atoms with Crippen molar-refractivity contribution in [2.24, 2.45) is 5.92 Å². The highest BCUT2D eigenvalue weighted by Gasteiger charge is 2.32. The van der Waals surface area contributed by atoms with Crippen molar-refractivity contribution in [3.05, 3.63) is 156 Å². The molecule has 0 amide bonds. The Labute approximate surface area is 314 Å². The molecule has 0 saturated heterocycles. The van der Waals surface area contributed by atoms with Gasteiger partial charge in [0.25, 0.3) is 0 Å². The van der Waals surface area contributed by atoms with Crippen LogP contribution in [0.15, 0.2) is 133 Å². The first-order valence-electron chi connectivity index (χ1n) is 18.4. The summed E-state index contributed by atoms with van der Waals surface area (Å²) in [6, 6.07) is 43.2. The molecule has 7 nitrogen and oxygen atoms in total. The van der Waals surface area contributed by atoms with Gasteiger partial charge in [0.1, 0.15) is 72.4 Å². The van der Waals surface area contributed by atoms with Crippen LogP contribution in [0.5, 0.6) is 46.0 Å². The molecular weight excluding hydrogens is 677 g/mol. The van der Waals surface area contributed by atoms with Gasteiger partial charge in [0.15, 0.2) is 0 Å². The van der Waals surface area contributed by atoms with E-state index in [9.17, 15) is 10.2 Å². The maximum absolute atomic E-state index is 9.53. The Balaban J connectivity index is 1.09. The van der Waals surface area contributed by atoms with E-state index in [0.717, 1.165) is 62.1 Å². The number of phenols is 2. The molecule has 1 aliphatic heterocycles. The lowest BCUT2D eigenvalue weighted by Crippen LogP contribution is -2.13. The maximum Gasteiger partial charge on any atom is 0.132 e. The largest absolute Gasteiger partial charge is 0.508 e. The smallest absolute Gasteiger partial charge is 0.132 e. The van der Waals surface area contributed by atoms with Crippen LogP contribution in [0.4, 0.5) is 0 Å². The second-order valence-corrected chi connectivity index (χ2v) is 14.0. The van der Waals surface area contributed by atoms with E-state index in [1.165, 1.54) is 11.1 Å². The third-order valence-electron chi connectivity index (χ3n) is 9.66. The van der Waals surface area contributed by atoms with Crippen LogP contribution < -0.4 is 23.7 Å². The third-order valence-corrected chi connectivity index (χ3v) is 9.66. The van der Waals surface area contributed by atoms with Crippen LogP contribution in [0.25, 0.3) is 21.5 Å². The van der Waals surface area contributed by atoms with Crippen molar-refractivity contribution in [1.82, 2.24) is 0 Å². The van der Waals surface area contributed by atoms with Crippen LogP contribution in [-0.2, 0) is 6.42 Å². The first kappa shape index (κ1) is 34.7. The average Bonchev–Trinajstić information content (AvgIpc) is 3.18. The molecule has 0 aromatic heterocycles. The lowest BCUT2D eigenvalue weighted by molar-refractivity contribution is 0.217. The predicted octanol–water partition coefficient (Wildman–Crippen LogP) is 10.8. The Bertz CT molecular complexity index is 2240. The molecule has 7 aromatic rings. The Morgan fingerprint density at radius 1 is 0.500 bits per heavy atom. The van der Waals surface area contributed by atoms with Crippen molar-refractivity contribution >= 4 is 21.5 Å². The minimum absolute atomic E-state index is 0.0831. The van der Waals surface area contributed by atoms with Gasteiger partial charge < -0.3 is 33.9 Å². The van der Waals surface area contributed by atoms with Gasteiger partial charge >= 0.3 is 0 Å². The Kier molecular flexibility index (Phi) is 9.86. The van der Waals surface area contributed by atoms with E-state index in [-0.39, 0.29) is 17.4 Å². The summed E-state index contributed by atoms with van der Waals surface area (Å²) < 4.78 is 30.5. The first-order chi connectivity index (χ1) is 26.4. The fraction of sp³-hybridized carbons (Fsp3) is 0.191. The summed E-state index contributed by atoms with van der Waals surface area (Å²) in [5.74, 6) is 5.45. The fourth-order valence-electron chi connectivity index (χ4n) is 7.21. The third kappa shape index (κ3) is 7.57. The summed E-state index contributed by atoms with van der Waals surface area (Å²) in [5, 5.41) is 23.4.